The van der Waals surface area contributed by atoms with E-state index in [0.717, 1.165) is 48.3 Å². The highest BCUT2D eigenvalue weighted by Gasteiger charge is 2.23. The van der Waals surface area contributed by atoms with Gasteiger partial charge in [-0.2, -0.15) is 5.26 Å². The number of fused-ring (bicyclic) bond motifs is 1. The lowest BCUT2D eigenvalue weighted by atomic mass is 9.91. The van der Waals surface area contributed by atoms with Gasteiger partial charge in [-0.25, -0.2) is 4.98 Å². The largest absolute Gasteiger partial charge is 0.365 e. The molecule has 0 radical (unpaired) electrons. The minimum Gasteiger partial charge on any atom is -0.365 e. The Balaban J connectivity index is 1.52. The number of hydrogen-bond acceptors (Lipinski definition) is 5. The van der Waals surface area contributed by atoms with Gasteiger partial charge < -0.3 is 16.4 Å². The average Bonchev–Trinajstić information content (AvgIpc) is 3.28. The number of carbonyl (C=O) groups excluding carboxylic acids is 1. The molecule has 176 valence electrons. The van der Waals surface area contributed by atoms with Crippen molar-refractivity contribution in [3.05, 3.63) is 89.6 Å². The number of pyridine rings is 1. The van der Waals surface area contributed by atoms with Crippen molar-refractivity contribution < 1.29 is 4.79 Å². The Morgan fingerprint density at radius 2 is 1.77 bits per heavy atom. The highest BCUT2D eigenvalue weighted by Crippen LogP contribution is 2.31. The zero-order chi connectivity index (χ0) is 24.2. The number of anilines is 1. The van der Waals surface area contributed by atoms with Gasteiger partial charge in [-0.1, -0.05) is 42.5 Å². The molecule has 7 nitrogen and oxygen atoms in total. The third kappa shape index (κ3) is 4.88. The van der Waals surface area contributed by atoms with Gasteiger partial charge in [0.25, 0.3) is 5.91 Å². The Morgan fingerprint density at radius 3 is 2.49 bits per heavy atom. The van der Waals surface area contributed by atoms with Crippen LogP contribution in [0.3, 0.4) is 0 Å². The maximum atomic E-state index is 13.3. The van der Waals surface area contributed by atoms with Gasteiger partial charge in [0, 0.05) is 30.4 Å². The lowest BCUT2D eigenvalue weighted by Gasteiger charge is -2.26. The van der Waals surface area contributed by atoms with Gasteiger partial charge in [-0.05, 0) is 55.5 Å². The van der Waals surface area contributed by atoms with E-state index in [1.54, 1.807) is 12.1 Å². The molecule has 1 aliphatic carbocycles. The number of hydrogen-bond donors (Lipinski definition) is 3. The maximum Gasteiger partial charge on any atom is 0.255 e. The quantitative estimate of drug-likeness (QED) is 0.390. The molecule has 2 aromatic carbocycles. The van der Waals surface area contributed by atoms with Gasteiger partial charge in [-0.15, -0.1) is 0 Å². The fraction of sp³-hybridized carbons (Fsp3) is 0.250. The Labute approximate surface area is 204 Å². The third-order valence-corrected chi connectivity index (χ3v) is 6.59. The zero-order valence-electron chi connectivity index (χ0n) is 19.4. The Morgan fingerprint density at radius 1 is 1.03 bits per heavy atom. The molecule has 7 heteroatoms. The van der Waals surface area contributed by atoms with E-state index in [-0.39, 0.29) is 18.0 Å². The van der Waals surface area contributed by atoms with Gasteiger partial charge in [0.05, 0.1) is 17.2 Å². The molecule has 0 spiro atoms. The summed E-state index contributed by atoms with van der Waals surface area (Å²) in [4.78, 5) is 18.2. The number of nitriles is 1. The van der Waals surface area contributed by atoms with Crippen LogP contribution in [0.15, 0.2) is 72.9 Å². The Hall–Kier alpha value is -4.15. The third-order valence-electron chi connectivity index (χ3n) is 6.59. The second-order valence-electron chi connectivity index (χ2n) is 9.04. The van der Waals surface area contributed by atoms with Crippen molar-refractivity contribution in [3.8, 4) is 17.3 Å². The van der Waals surface area contributed by atoms with E-state index in [0.29, 0.717) is 23.3 Å². The van der Waals surface area contributed by atoms with Crippen molar-refractivity contribution in [2.24, 2.45) is 5.73 Å². The summed E-state index contributed by atoms with van der Waals surface area (Å²) in [6.45, 7) is 0.608. The first-order chi connectivity index (χ1) is 17.1. The molecule has 0 atom stereocenters. The van der Waals surface area contributed by atoms with Gasteiger partial charge in [-0.3, -0.25) is 9.20 Å². The van der Waals surface area contributed by atoms with E-state index in [4.69, 9.17) is 10.7 Å². The molecule has 2 heterocycles. The molecule has 5 rings (SSSR count). The lowest BCUT2D eigenvalue weighted by molar-refractivity contribution is 0.0927. The van der Waals surface area contributed by atoms with E-state index in [1.165, 1.54) is 0 Å². The number of nitrogens with zero attached hydrogens (tertiary/aromatic N) is 3. The molecule has 0 unspecified atom stereocenters. The van der Waals surface area contributed by atoms with Crippen molar-refractivity contribution in [2.45, 2.75) is 44.3 Å². The van der Waals surface area contributed by atoms with Gasteiger partial charge in [0.1, 0.15) is 11.5 Å². The number of imidazole rings is 1. The van der Waals surface area contributed by atoms with E-state index < -0.39 is 0 Å². The summed E-state index contributed by atoms with van der Waals surface area (Å²) in [5.41, 5.74) is 10.5. The summed E-state index contributed by atoms with van der Waals surface area (Å²) in [7, 11) is 0. The SMILES string of the molecule is N#Cc1ccc(-c2nc3c(C(=O)NC4CCC(N)CC4)cccn3c2NCc2ccccc2)cc1. The number of benzene rings is 2. The van der Waals surface area contributed by atoms with Crippen molar-refractivity contribution >= 4 is 17.4 Å². The van der Waals surface area contributed by atoms with Crippen LogP contribution >= 0.6 is 0 Å². The van der Waals surface area contributed by atoms with Crippen molar-refractivity contribution in [3.63, 3.8) is 0 Å². The first-order valence-electron chi connectivity index (χ1n) is 12.0. The molecule has 0 aliphatic heterocycles. The second-order valence-corrected chi connectivity index (χ2v) is 9.04. The molecule has 1 amide bonds. The van der Waals surface area contributed by atoms with Crippen LogP contribution in [0.25, 0.3) is 16.9 Å². The number of rotatable bonds is 6. The van der Waals surface area contributed by atoms with Crippen molar-refractivity contribution in [1.82, 2.24) is 14.7 Å². The van der Waals surface area contributed by atoms with E-state index in [2.05, 4.69) is 28.8 Å². The second kappa shape index (κ2) is 10.00. The summed E-state index contributed by atoms with van der Waals surface area (Å²) in [6.07, 6.45) is 5.55. The minimum atomic E-state index is -0.123. The first-order valence-corrected chi connectivity index (χ1v) is 12.0. The Kier molecular flexibility index (Phi) is 6.47. The molecule has 1 saturated carbocycles. The molecule has 35 heavy (non-hydrogen) atoms. The molecule has 4 aromatic rings. The first kappa shape index (κ1) is 22.6. The monoisotopic (exact) mass is 464 g/mol. The predicted molar refractivity (Wildman–Crippen MR) is 137 cm³/mol. The molecule has 2 aromatic heterocycles. The minimum absolute atomic E-state index is 0.123. The number of carbonyl (C=O) groups is 1. The van der Waals surface area contributed by atoms with E-state index >= 15 is 0 Å². The van der Waals surface area contributed by atoms with Crippen LogP contribution < -0.4 is 16.4 Å². The molecule has 4 N–H and O–H groups in total. The fourth-order valence-electron chi connectivity index (χ4n) is 4.63. The van der Waals surface area contributed by atoms with Gasteiger partial charge in [0.15, 0.2) is 5.65 Å². The van der Waals surface area contributed by atoms with Crippen LogP contribution in [0.5, 0.6) is 0 Å². The highest BCUT2D eigenvalue weighted by molar-refractivity contribution is 6.01. The van der Waals surface area contributed by atoms with Crippen LogP contribution in [0.1, 0.15) is 47.2 Å². The highest BCUT2D eigenvalue weighted by atomic mass is 16.1. The summed E-state index contributed by atoms with van der Waals surface area (Å²) < 4.78 is 1.93. The summed E-state index contributed by atoms with van der Waals surface area (Å²) in [5.74, 6) is 0.675. The van der Waals surface area contributed by atoms with E-state index in [1.807, 2.05) is 53.1 Å². The number of aromatic nitrogens is 2. The Bertz CT molecular complexity index is 1360. The molecule has 0 bridgehead atoms. The van der Waals surface area contributed by atoms with Crippen molar-refractivity contribution in [1.29, 1.82) is 5.26 Å². The van der Waals surface area contributed by atoms with Crippen LogP contribution in [-0.4, -0.2) is 27.4 Å². The number of nitrogens with one attached hydrogen (secondary N) is 2. The van der Waals surface area contributed by atoms with E-state index in [9.17, 15) is 10.1 Å². The average molecular weight is 465 g/mol. The summed E-state index contributed by atoms with van der Waals surface area (Å²) in [6, 6.07) is 23.7. The smallest absolute Gasteiger partial charge is 0.255 e. The maximum absolute atomic E-state index is 13.3. The normalized spacial score (nSPS) is 17.6. The molecule has 1 aliphatic rings. The van der Waals surface area contributed by atoms with Crippen LogP contribution in [0.2, 0.25) is 0 Å². The zero-order valence-corrected chi connectivity index (χ0v) is 19.4. The number of amides is 1. The topological polar surface area (TPSA) is 108 Å². The fourth-order valence-corrected chi connectivity index (χ4v) is 4.63. The standard InChI is InChI=1S/C28H28N6O/c29-17-19-8-10-21(11-9-19)25-27(31-18-20-5-2-1-3-6-20)34-16-4-7-24(26(34)33-25)28(35)32-23-14-12-22(30)13-15-23/h1-11,16,22-23,31H,12-15,18,30H2,(H,32,35). The summed E-state index contributed by atoms with van der Waals surface area (Å²) in [5, 5.41) is 15.9. The molecule has 0 saturated heterocycles. The molecular weight excluding hydrogens is 436 g/mol. The van der Waals surface area contributed by atoms with Crippen molar-refractivity contribution in [2.75, 3.05) is 5.32 Å². The summed E-state index contributed by atoms with van der Waals surface area (Å²) >= 11 is 0. The van der Waals surface area contributed by atoms with Crippen LogP contribution in [0.4, 0.5) is 5.82 Å². The number of nitrogens with two attached hydrogens (primary N) is 1. The van der Waals surface area contributed by atoms with Crippen LogP contribution in [0, 0.1) is 11.3 Å². The van der Waals surface area contributed by atoms with Gasteiger partial charge in [0.2, 0.25) is 0 Å². The molecule has 1 fully saturated rings. The van der Waals surface area contributed by atoms with Crippen LogP contribution in [-0.2, 0) is 6.54 Å². The molecular formula is C28H28N6O. The lowest BCUT2D eigenvalue weighted by Crippen LogP contribution is -2.40. The van der Waals surface area contributed by atoms with Gasteiger partial charge >= 0.3 is 0 Å². The predicted octanol–water partition coefficient (Wildman–Crippen LogP) is 4.48.